The van der Waals surface area contributed by atoms with E-state index in [9.17, 15) is 4.79 Å². The zero-order chi connectivity index (χ0) is 18.3. The number of hydrogen-bond acceptors (Lipinski definition) is 2. The Bertz CT molecular complexity index is 585. The summed E-state index contributed by atoms with van der Waals surface area (Å²) in [5.41, 5.74) is 1.27. The molecule has 1 amide bonds. The van der Waals surface area contributed by atoms with Crippen molar-refractivity contribution in [3.8, 4) is 0 Å². The lowest BCUT2D eigenvalue weighted by Gasteiger charge is -2.43. The molecule has 0 spiro atoms. The molecular weight excluding hydrogens is 312 g/mol. The molecule has 5 heteroatoms. The monoisotopic (exact) mass is 344 g/mol. The molecule has 1 aromatic rings. The normalized spacial score (nSPS) is 16.7. The SMILES string of the molecule is CN=C(NCCNC(=O)C(C)(C)C)NCC1(c2ccccc2)CCC1. The summed E-state index contributed by atoms with van der Waals surface area (Å²) in [6.07, 6.45) is 3.70. The number of hydrogen-bond donors (Lipinski definition) is 3. The minimum absolute atomic E-state index is 0.0646. The molecule has 0 atom stereocenters. The quantitative estimate of drug-likeness (QED) is 0.422. The Labute approximate surface area is 151 Å². The smallest absolute Gasteiger partial charge is 0.225 e. The maximum Gasteiger partial charge on any atom is 0.225 e. The minimum Gasteiger partial charge on any atom is -0.356 e. The number of carbonyl (C=O) groups is 1. The summed E-state index contributed by atoms with van der Waals surface area (Å²) >= 11 is 0. The van der Waals surface area contributed by atoms with Crippen LogP contribution in [0, 0.1) is 5.41 Å². The van der Waals surface area contributed by atoms with Gasteiger partial charge in [0.1, 0.15) is 0 Å². The van der Waals surface area contributed by atoms with Crippen molar-refractivity contribution < 1.29 is 4.79 Å². The lowest BCUT2D eigenvalue weighted by molar-refractivity contribution is -0.128. The van der Waals surface area contributed by atoms with Gasteiger partial charge in [0.15, 0.2) is 5.96 Å². The molecule has 3 N–H and O–H groups in total. The van der Waals surface area contributed by atoms with Gasteiger partial charge in [0.05, 0.1) is 0 Å². The number of nitrogens with zero attached hydrogens (tertiary/aromatic N) is 1. The molecular formula is C20H32N4O. The molecule has 138 valence electrons. The molecule has 0 radical (unpaired) electrons. The van der Waals surface area contributed by atoms with E-state index < -0.39 is 0 Å². The van der Waals surface area contributed by atoms with Gasteiger partial charge in [-0.25, -0.2) is 0 Å². The largest absolute Gasteiger partial charge is 0.356 e. The fourth-order valence-corrected chi connectivity index (χ4v) is 3.06. The van der Waals surface area contributed by atoms with E-state index >= 15 is 0 Å². The molecule has 5 nitrogen and oxygen atoms in total. The van der Waals surface area contributed by atoms with Crippen molar-refractivity contribution in [3.05, 3.63) is 35.9 Å². The summed E-state index contributed by atoms with van der Waals surface area (Å²) < 4.78 is 0. The van der Waals surface area contributed by atoms with Gasteiger partial charge in [-0.1, -0.05) is 57.5 Å². The Morgan fingerprint density at radius 1 is 1.08 bits per heavy atom. The third-order valence-corrected chi connectivity index (χ3v) is 4.90. The highest BCUT2D eigenvalue weighted by atomic mass is 16.2. The number of guanidine groups is 1. The molecule has 1 aliphatic carbocycles. The van der Waals surface area contributed by atoms with E-state index in [2.05, 4.69) is 51.3 Å². The van der Waals surface area contributed by atoms with E-state index in [4.69, 9.17) is 0 Å². The van der Waals surface area contributed by atoms with E-state index in [1.54, 1.807) is 7.05 Å². The van der Waals surface area contributed by atoms with Crippen LogP contribution in [-0.4, -0.2) is 38.5 Å². The number of rotatable bonds is 6. The highest BCUT2D eigenvalue weighted by molar-refractivity contribution is 5.81. The molecule has 25 heavy (non-hydrogen) atoms. The van der Waals surface area contributed by atoms with Gasteiger partial charge in [0.25, 0.3) is 0 Å². The molecule has 2 rings (SSSR count). The molecule has 0 aliphatic heterocycles. The minimum atomic E-state index is -0.355. The summed E-state index contributed by atoms with van der Waals surface area (Å²) in [5.74, 6) is 0.849. The molecule has 0 bridgehead atoms. The fraction of sp³-hybridized carbons (Fsp3) is 0.600. The van der Waals surface area contributed by atoms with Crippen molar-refractivity contribution in [1.29, 1.82) is 0 Å². The predicted molar refractivity (Wildman–Crippen MR) is 104 cm³/mol. The van der Waals surface area contributed by atoms with Gasteiger partial charge in [-0.15, -0.1) is 0 Å². The Morgan fingerprint density at radius 2 is 1.72 bits per heavy atom. The van der Waals surface area contributed by atoms with E-state index in [0.29, 0.717) is 13.1 Å². The van der Waals surface area contributed by atoms with Crippen LogP contribution in [0.5, 0.6) is 0 Å². The number of benzene rings is 1. The molecule has 0 aromatic heterocycles. The number of amides is 1. The van der Waals surface area contributed by atoms with Crippen LogP contribution in [0.4, 0.5) is 0 Å². The van der Waals surface area contributed by atoms with Crippen molar-refractivity contribution in [2.45, 2.75) is 45.4 Å². The van der Waals surface area contributed by atoms with Gasteiger partial charge < -0.3 is 16.0 Å². The highest BCUT2D eigenvalue weighted by Gasteiger charge is 2.38. The van der Waals surface area contributed by atoms with E-state index in [1.165, 1.54) is 24.8 Å². The summed E-state index contributed by atoms with van der Waals surface area (Å²) in [5, 5.41) is 9.67. The molecule has 1 aliphatic rings. The molecule has 0 unspecified atom stereocenters. The van der Waals surface area contributed by atoms with Crippen molar-refractivity contribution in [3.63, 3.8) is 0 Å². The molecule has 1 saturated carbocycles. The van der Waals surface area contributed by atoms with Crippen LogP contribution in [0.15, 0.2) is 35.3 Å². The van der Waals surface area contributed by atoms with Crippen LogP contribution < -0.4 is 16.0 Å². The van der Waals surface area contributed by atoms with Gasteiger partial charge in [-0.2, -0.15) is 0 Å². The first-order valence-electron chi connectivity index (χ1n) is 9.16. The second kappa shape index (κ2) is 8.37. The van der Waals surface area contributed by atoms with Crippen LogP contribution in [0.1, 0.15) is 45.6 Å². The van der Waals surface area contributed by atoms with Crippen molar-refractivity contribution in [2.24, 2.45) is 10.4 Å². The molecule has 1 aromatic carbocycles. The standard InChI is InChI=1S/C20H32N4O/c1-19(2,3)17(25)22-13-14-23-18(21-4)24-15-20(11-8-12-20)16-9-6-5-7-10-16/h5-7,9-10H,8,11-15H2,1-4H3,(H,22,25)(H2,21,23,24). The van der Waals surface area contributed by atoms with Crippen LogP contribution in [0.25, 0.3) is 0 Å². The van der Waals surface area contributed by atoms with Crippen LogP contribution in [-0.2, 0) is 10.2 Å². The van der Waals surface area contributed by atoms with Crippen molar-refractivity contribution in [2.75, 3.05) is 26.7 Å². The number of nitrogens with one attached hydrogen (secondary N) is 3. The van der Waals surface area contributed by atoms with Gasteiger partial charge in [-0.05, 0) is 18.4 Å². The molecule has 0 heterocycles. The van der Waals surface area contributed by atoms with Crippen LogP contribution in [0.3, 0.4) is 0 Å². The van der Waals surface area contributed by atoms with E-state index in [0.717, 1.165) is 12.5 Å². The topological polar surface area (TPSA) is 65.5 Å². The molecule has 0 saturated heterocycles. The first kappa shape index (κ1) is 19.3. The maximum absolute atomic E-state index is 11.9. The van der Waals surface area contributed by atoms with Crippen LogP contribution in [0.2, 0.25) is 0 Å². The number of carbonyl (C=O) groups excluding carboxylic acids is 1. The summed E-state index contributed by atoms with van der Waals surface area (Å²) in [7, 11) is 1.78. The molecule has 1 fully saturated rings. The zero-order valence-corrected chi connectivity index (χ0v) is 16.0. The second-order valence-electron chi connectivity index (χ2n) is 7.86. The van der Waals surface area contributed by atoms with E-state index in [-0.39, 0.29) is 16.7 Å². The average Bonchev–Trinajstić information content (AvgIpc) is 2.55. The van der Waals surface area contributed by atoms with Crippen molar-refractivity contribution >= 4 is 11.9 Å². The number of aliphatic imine (C=N–C) groups is 1. The second-order valence-corrected chi connectivity index (χ2v) is 7.86. The van der Waals surface area contributed by atoms with Gasteiger partial charge in [0.2, 0.25) is 5.91 Å². The maximum atomic E-state index is 11.9. The van der Waals surface area contributed by atoms with Gasteiger partial charge >= 0.3 is 0 Å². The zero-order valence-electron chi connectivity index (χ0n) is 16.0. The first-order chi connectivity index (χ1) is 11.9. The summed E-state index contributed by atoms with van der Waals surface area (Å²) in [4.78, 5) is 16.1. The Kier molecular flexibility index (Phi) is 6.45. The summed E-state index contributed by atoms with van der Waals surface area (Å²) in [6.45, 7) is 7.86. The third-order valence-electron chi connectivity index (χ3n) is 4.90. The van der Waals surface area contributed by atoms with Crippen molar-refractivity contribution in [1.82, 2.24) is 16.0 Å². The lowest BCUT2D eigenvalue weighted by atomic mass is 9.64. The van der Waals surface area contributed by atoms with Gasteiger partial charge in [0, 0.05) is 37.5 Å². The Balaban J connectivity index is 1.78. The Hall–Kier alpha value is -2.04. The van der Waals surface area contributed by atoms with Crippen LogP contribution >= 0.6 is 0 Å². The van der Waals surface area contributed by atoms with Gasteiger partial charge in [-0.3, -0.25) is 9.79 Å². The first-order valence-corrected chi connectivity index (χ1v) is 9.16. The summed E-state index contributed by atoms with van der Waals surface area (Å²) in [6, 6.07) is 10.7. The average molecular weight is 345 g/mol. The lowest BCUT2D eigenvalue weighted by Crippen LogP contribution is -2.50. The predicted octanol–water partition coefficient (Wildman–Crippen LogP) is 2.44. The van der Waals surface area contributed by atoms with E-state index in [1.807, 2.05) is 20.8 Å². The fourth-order valence-electron chi connectivity index (χ4n) is 3.06. The third kappa shape index (κ3) is 5.21. The Morgan fingerprint density at radius 3 is 2.24 bits per heavy atom. The highest BCUT2D eigenvalue weighted by Crippen LogP contribution is 2.43.